The fraction of sp³-hybridized carbons (Fsp3) is 0.900. The van der Waals surface area contributed by atoms with E-state index in [1.165, 1.54) is 0 Å². The van der Waals surface area contributed by atoms with Crippen molar-refractivity contribution < 1.29 is 9.53 Å². The van der Waals surface area contributed by atoms with Gasteiger partial charge in [0.05, 0.1) is 0 Å². The summed E-state index contributed by atoms with van der Waals surface area (Å²) in [5, 5.41) is 4.16. The molecule has 0 aromatic rings. The van der Waals surface area contributed by atoms with Gasteiger partial charge >= 0.3 is 6.09 Å². The molecule has 0 fully saturated rings. The maximum atomic E-state index is 11.4. The molecule has 0 saturated heterocycles. The van der Waals surface area contributed by atoms with Crippen LogP contribution in [0.3, 0.4) is 0 Å². The van der Waals surface area contributed by atoms with E-state index in [1.54, 1.807) is 0 Å². The minimum Gasteiger partial charge on any atom is -0.443 e. The minimum absolute atomic E-state index is 0.466. The highest BCUT2D eigenvalue weighted by Gasteiger charge is 2.19. The number of carbonyl (C=O) groups excluding carboxylic acids is 1. The number of nitrogens with zero attached hydrogens (tertiary/aromatic N) is 1. The van der Waals surface area contributed by atoms with Gasteiger partial charge in [-0.2, -0.15) is 0 Å². The summed E-state index contributed by atoms with van der Waals surface area (Å²) in [6.45, 7) is 6.91. The molecule has 5 nitrogen and oxygen atoms in total. The zero-order valence-electron chi connectivity index (χ0n) is 10.2. The molecular formula is C10H23N3O2. The van der Waals surface area contributed by atoms with E-state index in [1.807, 2.05) is 27.8 Å². The predicted molar refractivity (Wildman–Crippen MR) is 60.3 cm³/mol. The van der Waals surface area contributed by atoms with Crippen molar-refractivity contribution in [2.45, 2.75) is 39.2 Å². The van der Waals surface area contributed by atoms with Gasteiger partial charge < -0.3 is 10.1 Å². The Bertz CT molecular complexity index is 190. The quantitative estimate of drug-likeness (QED) is 0.313. The van der Waals surface area contributed by atoms with Crippen molar-refractivity contribution in [1.29, 1.82) is 0 Å². The molecule has 0 aliphatic carbocycles. The molecule has 0 bridgehead atoms. The van der Waals surface area contributed by atoms with Crippen LogP contribution in [0, 0.1) is 0 Å². The number of nitrogens with one attached hydrogen (secondary N) is 1. The highest BCUT2D eigenvalue weighted by molar-refractivity contribution is 5.67. The molecule has 5 heteroatoms. The number of carbonyl (C=O) groups is 1. The summed E-state index contributed by atoms with van der Waals surface area (Å²) < 4.78 is 5.10. The standard InChI is InChI=1S/C10H23N3O2/c1-10(2,3)15-9(14)13(11)8-6-5-7-12-4/h12H,5-8,11H2,1-4H3. The number of amides is 1. The number of hydrazine groups is 1. The van der Waals surface area contributed by atoms with E-state index in [2.05, 4.69) is 5.32 Å². The molecule has 0 heterocycles. The Kier molecular flexibility index (Phi) is 6.27. The fourth-order valence-corrected chi connectivity index (χ4v) is 0.996. The molecule has 0 aliphatic heterocycles. The largest absolute Gasteiger partial charge is 0.443 e. The highest BCUT2D eigenvalue weighted by Crippen LogP contribution is 2.08. The monoisotopic (exact) mass is 217 g/mol. The summed E-state index contributed by atoms with van der Waals surface area (Å²) in [7, 11) is 1.90. The van der Waals surface area contributed by atoms with Gasteiger partial charge in [-0.15, -0.1) is 0 Å². The average Bonchev–Trinajstić information content (AvgIpc) is 2.09. The van der Waals surface area contributed by atoms with Crippen molar-refractivity contribution in [3.05, 3.63) is 0 Å². The molecule has 0 rings (SSSR count). The second kappa shape index (κ2) is 6.63. The summed E-state index contributed by atoms with van der Waals surface area (Å²) in [5.41, 5.74) is -0.486. The molecule has 0 aliphatic rings. The Morgan fingerprint density at radius 1 is 1.40 bits per heavy atom. The number of hydrogen-bond donors (Lipinski definition) is 2. The van der Waals surface area contributed by atoms with Gasteiger partial charge in [-0.3, -0.25) is 0 Å². The molecule has 0 aromatic heterocycles. The molecule has 0 atom stereocenters. The summed E-state index contributed by atoms with van der Waals surface area (Å²) in [5.74, 6) is 5.55. The first-order valence-corrected chi connectivity index (χ1v) is 5.26. The van der Waals surface area contributed by atoms with Gasteiger partial charge in [0.15, 0.2) is 0 Å². The number of rotatable bonds is 5. The first-order chi connectivity index (χ1) is 6.87. The number of hydrogen-bond acceptors (Lipinski definition) is 4. The maximum absolute atomic E-state index is 11.4. The van der Waals surface area contributed by atoms with E-state index >= 15 is 0 Å². The Morgan fingerprint density at radius 3 is 2.47 bits per heavy atom. The van der Waals surface area contributed by atoms with Gasteiger partial charge in [-0.05, 0) is 47.2 Å². The van der Waals surface area contributed by atoms with Crippen molar-refractivity contribution in [1.82, 2.24) is 10.3 Å². The molecule has 0 unspecified atom stereocenters. The highest BCUT2D eigenvalue weighted by atomic mass is 16.6. The predicted octanol–water partition coefficient (Wildman–Crippen LogP) is 1.10. The first-order valence-electron chi connectivity index (χ1n) is 5.26. The fourth-order valence-electron chi connectivity index (χ4n) is 0.996. The Balaban J connectivity index is 3.70. The second-order valence-electron chi connectivity index (χ2n) is 4.48. The van der Waals surface area contributed by atoms with E-state index in [0.29, 0.717) is 6.54 Å². The van der Waals surface area contributed by atoms with E-state index in [-0.39, 0.29) is 0 Å². The summed E-state index contributed by atoms with van der Waals surface area (Å²) in [6, 6.07) is 0. The molecular weight excluding hydrogens is 194 g/mol. The van der Waals surface area contributed by atoms with Crippen LogP contribution in [0.25, 0.3) is 0 Å². The third kappa shape index (κ3) is 8.20. The zero-order valence-corrected chi connectivity index (χ0v) is 10.2. The number of nitrogens with two attached hydrogens (primary N) is 1. The van der Waals surface area contributed by atoms with Gasteiger partial charge in [-0.25, -0.2) is 15.6 Å². The van der Waals surface area contributed by atoms with E-state index in [4.69, 9.17) is 10.6 Å². The van der Waals surface area contributed by atoms with Crippen molar-refractivity contribution in [2.75, 3.05) is 20.1 Å². The lowest BCUT2D eigenvalue weighted by molar-refractivity contribution is 0.0245. The van der Waals surface area contributed by atoms with Crippen LogP contribution in [0.4, 0.5) is 4.79 Å². The zero-order chi connectivity index (χ0) is 11.9. The number of unbranched alkanes of at least 4 members (excludes halogenated alkanes) is 1. The second-order valence-corrected chi connectivity index (χ2v) is 4.48. The lowest BCUT2D eigenvalue weighted by atomic mass is 10.2. The van der Waals surface area contributed by atoms with Crippen LogP contribution in [0.5, 0.6) is 0 Å². The van der Waals surface area contributed by atoms with E-state index in [9.17, 15) is 4.79 Å². The molecule has 3 N–H and O–H groups in total. The topological polar surface area (TPSA) is 67.6 Å². The van der Waals surface area contributed by atoms with E-state index < -0.39 is 11.7 Å². The molecule has 0 spiro atoms. The average molecular weight is 217 g/mol. The summed E-state index contributed by atoms with van der Waals surface area (Å²) >= 11 is 0. The van der Waals surface area contributed by atoms with Crippen LogP contribution in [0.15, 0.2) is 0 Å². The molecule has 1 amide bonds. The normalized spacial score (nSPS) is 11.3. The lowest BCUT2D eigenvalue weighted by Crippen LogP contribution is -2.42. The van der Waals surface area contributed by atoms with Crippen LogP contribution in [0.1, 0.15) is 33.6 Å². The van der Waals surface area contributed by atoms with Crippen molar-refractivity contribution in [3.63, 3.8) is 0 Å². The van der Waals surface area contributed by atoms with Gasteiger partial charge in [0.2, 0.25) is 0 Å². The van der Waals surface area contributed by atoms with Gasteiger partial charge in [0.25, 0.3) is 0 Å². The first kappa shape index (κ1) is 14.2. The molecule has 15 heavy (non-hydrogen) atoms. The van der Waals surface area contributed by atoms with Crippen molar-refractivity contribution in [3.8, 4) is 0 Å². The van der Waals surface area contributed by atoms with Crippen LogP contribution in [-0.4, -0.2) is 36.8 Å². The van der Waals surface area contributed by atoms with Gasteiger partial charge in [0, 0.05) is 6.54 Å². The van der Waals surface area contributed by atoms with Crippen LogP contribution in [-0.2, 0) is 4.74 Å². The third-order valence-electron chi connectivity index (χ3n) is 1.70. The Hall–Kier alpha value is -0.810. The van der Waals surface area contributed by atoms with Gasteiger partial charge in [-0.1, -0.05) is 0 Å². The molecule has 0 saturated carbocycles. The van der Waals surface area contributed by atoms with Crippen LogP contribution < -0.4 is 11.2 Å². The van der Waals surface area contributed by atoms with Crippen LogP contribution >= 0.6 is 0 Å². The van der Waals surface area contributed by atoms with Crippen LogP contribution in [0.2, 0.25) is 0 Å². The maximum Gasteiger partial charge on any atom is 0.424 e. The lowest BCUT2D eigenvalue weighted by Gasteiger charge is -2.24. The van der Waals surface area contributed by atoms with Crippen molar-refractivity contribution in [2.24, 2.45) is 5.84 Å². The SMILES string of the molecule is CNCCCCN(N)C(=O)OC(C)(C)C. The smallest absolute Gasteiger partial charge is 0.424 e. The minimum atomic E-state index is -0.486. The summed E-state index contributed by atoms with van der Waals surface area (Å²) in [6.07, 6.45) is 1.40. The number of ether oxygens (including phenoxy) is 1. The molecule has 90 valence electrons. The summed E-state index contributed by atoms with van der Waals surface area (Å²) in [4.78, 5) is 11.4. The molecule has 0 aromatic carbocycles. The van der Waals surface area contributed by atoms with E-state index in [0.717, 1.165) is 24.4 Å². The Labute approximate surface area is 91.9 Å². The molecule has 0 radical (unpaired) electrons. The van der Waals surface area contributed by atoms with Crippen molar-refractivity contribution >= 4 is 6.09 Å². The Morgan fingerprint density at radius 2 is 2.00 bits per heavy atom. The third-order valence-corrected chi connectivity index (χ3v) is 1.70. The van der Waals surface area contributed by atoms with Gasteiger partial charge in [0.1, 0.15) is 5.60 Å².